The number of hydrogen-bond donors (Lipinski definition) is 3. The highest BCUT2D eigenvalue weighted by Crippen LogP contribution is 2.15. The van der Waals surface area contributed by atoms with Gasteiger partial charge in [0.05, 0.1) is 19.8 Å². The number of nitrogens with zero attached hydrogens (tertiary/aromatic N) is 1. The van der Waals surface area contributed by atoms with E-state index in [0.29, 0.717) is 26.2 Å². The second kappa shape index (κ2) is 9.91. The molecule has 8 heteroatoms. The molecule has 142 valence electrons. The number of thioether (sulfide) groups is 1. The third kappa shape index (κ3) is 6.28. The second-order valence-corrected chi connectivity index (χ2v) is 7.64. The highest BCUT2D eigenvalue weighted by Gasteiger charge is 2.17. The summed E-state index contributed by atoms with van der Waals surface area (Å²) in [5.41, 5.74) is 1.47. The first-order valence-corrected chi connectivity index (χ1v) is 10.2. The van der Waals surface area contributed by atoms with E-state index in [-0.39, 0.29) is 17.9 Å². The number of rotatable bonds is 6. The fraction of sp³-hybridized carbons (Fsp3) is 0.556. The number of morpholine rings is 1. The van der Waals surface area contributed by atoms with E-state index >= 15 is 0 Å². The van der Waals surface area contributed by atoms with Crippen molar-refractivity contribution in [3.63, 3.8) is 0 Å². The maximum Gasteiger partial charge on any atom is 0.238 e. The summed E-state index contributed by atoms with van der Waals surface area (Å²) in [6, 6.07) is 7.48. The van der Waals surface area contributed by atoms with E-state index in [1.54, 1.807) is 0 Å². The molecular weight excluding hydrogens is 352 g/mol. The first kappa shape index (κ1) is 19.2. The number of hydrogen-bond acceptors (Lipinski definition) is 6. The predicted molar refractivity (Wildman–Crippen MR) is 105 cm³/mol. The van der Waals surface area contributed by atoms with Crippen LogP contribution < -0.4 is 16.0 Å². The van der Waals surface area contributed by atoms with Crippen molar-refractivity contribution in [2.24, 2.45) is 0 Å². The van der Waals surface area contributed by atoms with Gasteiger partial charge in [0.25, 0.3) is 0 Å². The van der Waals surface area contributed by atoms with E-state index in [4.69, 9.17) is 4.74 Å². The molecule has 1 aromatic rings. The third-order valence-electron chi connectivity index (χ3n) is 4.35. The Balaban J connectivity index is 1.42. The number of carbonyl (C=O) groups excluding carboxylic acids is 2. The monoisotopic (exact) mass is 378 g/mol. The van der Waals surface area contributed by atoms with Gasteiger partial charge in [-0.05, 0) is 24.3 Å². The molecule has 0 spiro atoms. The topological polar surface area (TPSA) is 82.7 Å². The van der Waals surface area contributed by atoms with Crippen molar-refractivity contribution in [1.82, 2.24) is 10.2 Å². The minimum absolute atomic E-state index is 0.00843. The Labute approximate surface area is 158 Å². The summed E-state index contributed by atoms with van der Waals surface area (Å²) < 4.78 is 5.28. The van der Waals surface area contributed by atoms with E-state index in [1.165, 1.54) is 0 Å². The zero-order valence-electron chi connectivity index (χ0n) is 14.8. The minimum atomic E-state index is -0.0374. The molecule has 0 bridgehead atoms. The van der Waals surface area contributed by atoms with Crippen LogP contribution in [0.1, 0.15) is 6.42 Å². The van der Waals surface area contributed by atoms with Gasteiger partial charge in [-0.25, -0.2) is 0 Å². The van der Waals surface area contributed by atoms with Crippen LogP contribution in [0.15, 0.2) is 24.3 Å². The summed E-state index contributed by atoms with van der Waals surface area (Å²) >= 11 is 1.88. The highest BCUT2D eigenvalue weighted by atomic mass is 32.2. The lowest BCUT2D eigenvalue weighted by atomic mass is 10.2. The normalized spacial score (nSPS) is 21.2. The van der Waals surface area contributed by atoms with Gasteiger partial charge in [-0.1, -0.05) is 0 Å². The van der Waals surface area contributed by atoms with E-state index < -0.39 is 0 Å². The molecule has 0 aliphatic carbocycles. The zero-order valence-corrected chi connectivity index (χ0v) is 15.6. The molecule has 1 unspecified atom stereocenters. The number of ether oxygens (including phenoxy) is 1. The fourth-order valence-electron chi connectivity index (χ4n) is 2.99. The maximum absolute atomic E-state index is 12.1. The molecule has 1 atom stereocenters. The van der Waals surface area contributed by atoms with Gasteiger partial charge >= 0.3 is 0 Å². The smallest absolute Gasteiger partial charge is 0.238 e. The van der Waals surface area contributed by atoms with Crippen molar-refractivity contribution in [2.45, 2.75) is 12.5 Å². The first-order chi connectivity index (χ1) is 12.7. The van der Waals surface area contributed by atoms with Crippen LogP contribution in [0.2, 0.25) is 0 Å². The molecule has 0 aromatic heterocycles. The largest absolute Gasteiger partial charge is 0.379 e. The Morgan fingerprint density at radius 3 is 2.38 bits per heavy atom. The van der Waals surface area contributed by atoms with Crippen molar-refractivity contribution in [3.8, 4) is 0 Å². The lowest BCUT2D eigenvalue weighted by Gasteiger charge is -2.25. The number of carbonyl (C=O) groups is 2. The molecule has 26 heavy (non-hydrogen) atoms. The Morgan fingerprint density at radius 1 is 1.12 bits per heavy atom. The molecule has 0 saturated carbocycles. The van der Waals surface area contributed by atoms with Crippen molar-refractivity contribution in [3.05, 3.63) is 24.3 Å². The van der Waals surface area contributed by atoms with Crippen molar-refractivity contribution in [2.75, 3.05) is 61.5 Å². The van der Waals surface area contributed by atoms with Gasteiger partial charge in [-0.3, -0.25) is 14.5 Å². The minimum Gasteiger partial charge on any atom is -0.379 e. The predicted octanol–water partition coefficient (Wildman–Crippen LogP) is 0.991. The molecule has 2 aliphatic rings. The molecule has 3 N–H and O–H groups in total. The summed E-state index contributed by atoms with van der Waals surface area (Å²) in [6.07, 6.45) is 0.477. The van der Waals surface area contributed by atoms with Gasteiger partial charge in [0.15, 0.2) is 0 Å². The number of anilines is 2. The molecular formula is C18H26N4O3S. The molecule has 2 heterocycles. The van der Waals surface area contributed by atoms with Gasteiger partial charge in [-0.2, -0.15) is 11.8 Å². The Hall–Kier alpha value is -1.61. The Kier molecular flexibility index (Phi) is 7.31. The van der Waals surface area contributed by atoms with Crippen LogP contribution in [0.3, 0.4) is 0 Å². The molecule has 1 aromatic carbocycles. The van der Waals surface area contributed by atoms with Gasteiger partial charge in [0.1, 0.15) is 0 Å². The maximum atomic E-state index is 12.1. The summed E-state index contributed by atoms with van der Waals surface area (Å²) in [7, 11) is 0. The fourth-order valence-corrected chi connectivity index (χ4v) is 3.94. The molecule has 2 saturated heterocycles. The molecule has 0 radical (unpaired) electrons. The van der Waals surface area contributed by atoms with Crippen LogP contribution in [0, 0.1) is 0 Å². The molecule has 3 rings (SSSR count). The van der Waals surface area contributed by atoms with Crippen LogP contribution in [0.4, 0.5) is 11.4 Å². The van der Waals surface area contributed by atoms with Crippen LogP contribution >= 0.6 is 11.8 Å². The summed E-state index contributed by atoms with van der Waals surface area (Å²) in [6.45, 7) is 4.25. The summed E-state index contributed by atoms with van der Waals surface area (Å²) in [5, 5.41) is 9.16. The van der Waals surface area contributed by atoms with Gasteiger partial charge in [0.2, 0.25) is 11.8 Å². The molecule has 2 aliphatic heterocycles. The molecule has 2 fully saturated rings. The molecule has 2 amide bonds. The summed E-state index contributed by atoms with van der Waals surface area (Å²) in [4.78, 5) is 26.3. The van der Waals surface area contributed by atoms with Crippen LogP contribution in [0.5, 0.6) is 0 Å². The van der Waals surface area contributed by atoms with Crippen molar-refractivity contribution >= 4 is 35.0 Å². The van der Waals surface area contributed by atoms with Crippen molar-refractivity contribution in [1.29, 1.82) is 0 Å². The van der Waals surface area contributed by atoms with Gasteiger partial charge in [0, 0.05) is 55.0 Å². The number of nitrogens with one attached hydrogen (secondary N) is 3. The molecule has 7 nitrogen and oxygen atoms in total. The summed E-state index contributed by atoms with van der Waals surface area (Å²) in [5.74, 6) is 2.05. The average molecular weight is 378 g/mol. The van der Waals surface area contributed by atoms with Crippen LogP contribution in [-0.4, -0.2) is 73.7 Å². The SMILES string of the molecule is O=C(CC1CSCCN1)Nc1ccc(NC(=O)CN2CCOCC2)cc1. The van der Waals surface area contributed by atoms with Crippen LogP contribution in [-0.2, 0) is 14.3 Å². The van der Waals surface area contributed by atoms with E-state index in [0.717, 1.165) is 42.5 Å². The number of benzene rings is 1. The van der Waals surface area contributed by atoms with E-state index in [2.05, 4.69) is 20.9 Å². The Morgan fingerprint density at radius 2 is 1.77 bits per heavy atom. The average Bonchev–Trinajstić information content (AvgIpc) is 2.65. The quantitative estimate of drug-likeness (QED) is 0.685. The van der Waals surface area contributed by atoms with Gasteiger partial charge < -0.3 is 20.7 Å². The van der Waals surface area contributed by atoms with Crippen molar-refractivity contribution < 1.29 is 14.3 Å². The lowest BCUT2D eigenvalue weighted by molar-refractivity contribution is -0.118. The zero-order chi connectivity index (χ0) is 18.2. The van der Waals surface area contributed by atoms with Crippen LogP contribution in [0.25, 0.3) is 0 Å². The highest BCUT2D eigenvalue weighted by molar-refractivity contribution is 7.99. The van der Waals surface area contributed by atoms with E-state index in [9.17, 15) is 9.59 Å². The third-order valence-corrected chi connectivity index (χ3v) is 5.48. The lowest BCUT2D eigenvalue weighted by Crippen LogP contribution is -2.41. The Bertz CT molecular complexity index is 546. The van der Waals surface area contributed by atoms with E-state index in [1.807, 2.05) is 36.0 Å². The number of amides is 2. The van der Waals surface area contributed by atoms with Gasteiger partial charge in [-0.15, -0.1) is 0 Å². The standard InChI is InChI=1S/C18H26N4O3S/c23-17(11-16-13-26-10-5-19-16)20-14-1-3-15(4-2-14)21-18(24)12-22-6-8-25-9-7-22/h1-4,16,19H,5-13H2,(H,20,23)(H,21,24). The first-order valence-electron chi connectivity index (χ1n) is 9.00. The second-order valence-electron chi connectivity index (χ2n) is 6.49.